The van der Waals surface area contributed by atoms with Crippen LogP contribution in [-0.2, 0) is 0 Å². The van der Waals surface area contributed by atoms with Gasteiger partial charge in [0.05, 0.1) is 14.2 Å². The third-order valence-corrected chi connectivity index (χ3v) is 7.47. The normalized spacial score (nSPS) is 24.3. The molecule has 4 heteroatoms. The largest absolute Gasteiger partial charge is 0.493 e. The molecule has 23 heavy (non-hydrogen) atoms. The van der Waals surface area contributed by atoms with Crippen LogP contribution in [-0.4, -0.2) is 26.7 Å². The summed E-state index contributed by atoms with van der Waals surface area (Å²) in [5.41, 5.74) is 4.32. The molecule has 3 rings (SSSR count). The zero-order valence-corrected chi connectivity index (χ0v) is 16.0. The summed E-state index contributed by atoms with van der Waals surface area (Å²) in [5.74, 6) is 3.29. The van der Waals surface area contributed by atoms with Gasteiger partial charge in [-0.05, 0) is 60.6 Å². The summed E-state index contributed by atoms with van der Waals surface area (Å²) in [5, 5.41) is 0. The Bertz CT molecular complexity index is 658. The Labute approximate surface area is 147 Å². The molecule has 0 saturated heterocycles. The zero-order valence-electron chi connectivity index (χ0n) is 14.4. The summed E-state index contributed by atoms with van der Waals surface area (Å²) in [6, 6.07) is 4.39. The molecule has 0 amide bonds. The average Bonchev–Trinajstić information content (AvgIpc) is 3.14. The Hall–Kier alpha value is -1.000. The van der Waals surface area contributed by atoms with E-state index in [-0.39, 0.29) is 0 Å². The SMILES string of the molecule is COc1cc2c(cc1OC)[C@H](C(C)=C(SC)SC)[C@H]1CC=C[C@@H]21. The maximum atomic E-state index is 5.56. The topological polar surface area (TPSA) is 18.5 Å². The molecule has 0 radical (unpaired) electrons. The highest BCUT2D eigenvalue weighted by molar-refractivity contribution is 8.21. The number of methoxy groups -OCH3 is 2. The fourth-order valence-corrected chi connectivity index (χ4v) is 5.70. The van der Waals surface area contributed by atoms with E-state index in [0.717, 1.165) is 17.9 Å². The van der Waals surface area contributed by atoms with Crippen LogP contribution in [0.2, 0.25) is 0 Å². The Balaban J connectivity index is 2.16. The number of allylic oxidation sites excluding steroid dienone is 3. The van der Waals surface area contributed by atoms with Crippen LogP contribution in [0.1, 0.15) is 36.3 Å². The predicted molar refractivity (Wildman–Crippen MR) is 102 cm³/mol. The minimum absolute atomic E-state index is 0.472. The third kappa shape index (κ3) is 2.70. The van der Waals surface area contributed by atoms with Crippen molar-refractivity contribution in [1.29, 1.82) is 0 Å². The summed E-state index contributed by atoms with van der Waals surface area (Å²) < 4.78 is 12.5. The first kappa shape index (κ1) is 16.8. The van der Waals surface area contributed by atoms with Crippen molar-refractivity contribution in [2.24, 2.45) is 5.92 Å². The van der Waals surface area contributed by atoms with Gasteiger partial charge in [0.25, 0.3) is 0 Å². The van der Waals surface area contributed by atoms with E-state index >= 15 is 0 Å². The molecule has 0 aliphatic heterocycles. The van der Waals surface area contributed by atoms with E-state index in [2.05, 4.69) is 43.7 Å². The standard InChI is InChI=1S/C19H24O2S2/c1-11(19(22-4)23-5)18-13-8-6-7-12(13)14-9-16(20-2)17(21-3)10-15(14)18/h6-7,9-10,12-13,18H,8H2,1-5H3/t12-,13+,18-/m1/s1. The van der Waals surface area contributed by atoms with E-state index in [9.17, 15) is 0 Å². The van der Waals surface area contributed by atoms with E-state index in [4.69, 9.17) is 9.47 Å². The van der Waals surface area contributed by atoms with E-state index in [1.54, 1.807) is 14.2 Å². The second-order valence-corrected chi connectivity index (χ2v) is 7.94. The van der Waals surface area contributed by atoms with Crippen LogP contribution < -0.4 is 9.47 Å². The summed E-state index contributed by atoms with van der Waals surface area (Å²) in [4.78, 5) is 0. The van der Waals surface area contributed by atoms with Gasteiger partial charge in [-0.1, -0.05) is 12.2 Å². The lowest BCUT2D eigenvalue weighted by Crippen LogP contribution is -2.09. The van der Waals surface area contributed by atoms with Crippen molar-refractivity contribution >= 4 is 23.5 Å². The number of ether oxygens (including phenoxy) is 2. The van der Waals surface area contributed by atoms with Crippen LogP contribution in [0.5, 0.6) is 11.5 Å². The number of fused-ring (bicyclic) bond motifs is 3. The van der Waals surface area contributed by atoms with E-state index in [0.29, 0.717) is 17.8 Å². The van der Waals surface area contributed by atoms with Gasteiger partial charge < -0.3 is 9.47 Å². The van der Waals surface area contributed by atoms with Crippen LogP contribution in [0.25, 0.3) is 0 Å². The Morgan fingerprint density at radius 1 is 1.04 bits per heavy atom. The molecule has 0 N–H and O–H groups in total. The third-order valence-electron chi connectivity index (χ3n) is 5.08. The van der Waals surface area contributed by atoms with Gasteiger partial charge in [0.15, 0.2) is 11.5 Å². The fourth-order valence-electron chi connectivity index (χ4n) is 4.14. The molecule has 124 valence electrons. The number of hydrogen-bond acceptors (Lipinski definition) is 4. The molecule has 0 bridgehead atoms. The lowest BCUT2D eigenvalue weighted by Gasteiger charge is -2.23. The fraction of sp³-hybridized carbons (Fsp3) is 0.474. The van der Waals surface area contributed by atoms with Crippen LogP contribution in [0.15, 0.2) is 34.1 Å². The minimum Gasteiger partial charge on any atom is -0.493 e. The number of benzene rings is 1. The molecule has 0 saturated carbocycles. The van der Waals surface area contributed by atoms with E-state index in [1.165, 1.54) is 20.9 Å². The van der Waals surface area contributed by atoms with Crippen molar-refractivity contribution in [2.45, 2.75) is 25.2 Å². The zero-order chi connectivity index (χ0) is 16.6. The van der Waals surface area contributed by atoms with E-state index in [1.807, 2.05) is 23.5 Å². The molecule has 2 aliphatic rings. The summed E-state index contributed by atoms with van der Waals surface area (Å²) in [6.45, 7) is 2.30. The van der Waals surface area contributed by atoms with Crippen molar-refractivity contribution in [3.63, 3.8) is 0 Å². The highest BCUT2D eigenvalue weighted by atomic mass is 32.2. The van der Waals surface area contributed by atoms with Crippen LogP contribution in [0, 0.1) is 5.92 Å². The molecule has 0 unspecified atom stereocenters. The summed E-state index contributed by atoms with van der Waals surface area (Å²) in [7, 11) is 3.43. The summed E-state index contributed by atoms with van der Waals surface area (Å²) >= 11 is 3.72. The van der Waals surface area contributed by atoms with E-state index < -0.39 is 0 Å². The molecule has 0 spiro atoms. The average molecular weight is 349 g/mol. The predicted octanol–water partition coefficient (Wildman–Crippen LogP) is 5.42. The Morgan fingerprint density at radius 3 is 2.22 bits per heavy atom. The molecule has 0 fully saturated rings. The van der Waals surface area contributed by atoms with Gasteiger partial charge in [-0.2, -0.15) is 0 Å². The molecule has 0 aromatic heterocycles. The molecule has 3 atom stereocenters. The first-order valence-electron chi connectivity index (χ1n) is 7.87. The maximum Gasteiger partial charge on any atom is 0.161 e. The molecule has 0 heterocycles. The van der Waals surface area contributed by atoms with Gasteiger partial charge >= 0.3 is 0 Å². The van der Waals surface area contributed by atoms with Gasteiger partial charge in [0, 0.05) is 16.1 Å². The second kappa shape index (κ2) is 6.86. The summed E-state index contributed by atoms with van der Waals surface area (Å²) in [6.07, 6.45) is 10.2. The van der Waals surface area contributed by atoms with Crippen LogP contribution in [0.4, 0.5) is 0 Å². The first-order chi connectivity index (χ1) is 11.2. The first-order valence-corrected chi connectivity index (χ1v) is 10.3. The molecule has 2 aliphatic carbocycles. The van der Waals surface area contributed by atoms with Crippen molar-refractivity contribution in [3.8, 4) is 11.5 Å². The van der Waals surface area contributed by atoms with Crippen LogP contribution in [0.3, 0.4) is 0 Å². The number of rotatable bonds is 5. The molecule has 2 nitrogen and oxygen atoms in total. The monoisotopic (exact) mass is 348 g/mol. The maximum absolute atomic E-state index is 5.56. The molecule has 1 aromatic carbocycles. The highest BCUT2D eigenvalue weighted by Crippen LogP contribution is 2.57. The van der Waals surface area contributed by atoms with Gasteiger partial charge in [-0.25, -0.2) is 0 Å². The van der Waals surface area contributed by atoms with Crippen LogP contribution >= 0.6 is 23.5 Å². The van der Waals surface area contributed by atoms with Gasteiger partial charge in [-0.3, -0.25) is 0 Å². The Morgan fingerprint density at radius 2 is 1.65 bits per heavy atom. The minimum atomic E-state index is 0.472. The lowest BCUT2D eigenvalue weighted by atomic mass is 9.84. The van der Waals surface area contributed by atoms with Crippen molar-refractivity contribution in [3.05, 3.63) is 45.2 Å². The molecule has 1 aromatic rings. The molecular formula is C19H24O2S2. The van der Waals surface area contributed by atoms with Crippen molar-refractivity contribution < 1.29 is 9.47 Å². The lowest BCUT2D eigenvalue weighted by molar-refractivity contribution is 0.354. The molecular weight excluding hydrogens is 324 g/mol. The number of thioether (sulfide) groups is 2. The van der Waals surface area contributed by atoms with Crippen molar-refractivity contribution in [1.82, 2.24) is 0 Å². The van der Waals surface area contributed by atoms with Crippen molar-refractivity contribution in [2.75, 3.05) is 26.7 Å². The Kier molecular flexibility index (Phi) is 5.02. The van der Waals surface area contributed by atoms with Gasteiger partial charge in [0.1, 0.15) is 0 Å². The smallest absolute Gasteiger partial charge is 0.161 e. The number of hydrogen-bond donors (Lipinski definition) is 0. The quantitative estimate of drug-likeness (QED) is 0.661. The van der Waals surface area contributed by atoms with Gasteiger partial charge in [0.2, 0.25) is 0 Å². The highest BCUT2D eigenvalue weighted by Gasteiger charge is 2.43. The second-order valence-electron chi connectivity index (χ2n) is 6.05. The van der Waals surface area contributed by atoms with Gasteiger partial charge in [-0.15, -0.1) is 23.5 Å².